The number of methoxy groups -OCH3 is 1. The second kappa shape index (κ2) is 8.68. The van der Waals surface area contributed by atoms with Crippen LogP contribution in [0.5, 0.6) is 11.5 Å². The average molecular weight is 426 g/mol. The van der Waals surface area contributed by atoms with Gasteiger partial charge in [-0.15, -0.1) is 5.10 Å². The number of anilines is 2. The Hall–Kier alpha value is -3.83. The number of alkyl halides is 4. The topological polar surface area (TPSA) is 98.5 Å². The van der Waals surface area contributed by atoms with Gasteiger partial charge in [-0.25, -0.2) is 4.79 Å². The monoisotopic (exact) mass is 426 g/mol. The second-order valence-corrected chi connectivity index (χ2v) is 5.71. The number of halogens is 4. The van der Waals surface area contributed by atoms with Gasteiger partial charge in [0.05, 0.1) is 7.11 Å². The molecule has 0 fully saturated rings. The summed E-state index contributed by atoms with van der Waals surface area (Å²) in [6, 6.07) is 10.2. The van der Waals surface area contributed by atoms with Gasteiger partial charge in [-0.3, -0.25) is 5.32 Å². The number of aromatic nitrogens is 2. The highest BCUT2D eigenvalue weighted by Gasteiger charge is 2.43. The molecule has 8 nitrogen and oxygen atoms in total. The summed E-state index contributed by atoms with van der Waals surface area (Å²) >= 11 is 0. The highest BCUT2D eigenvalue weighted by molar-refractivity contribution is 5.98. The van der Waals surface area contributed by atoms with E-state index >= 15 is 0 Å². The number of urea groups is 1. The minimum Gasteiger partial charge on any atom is -0.497 e. The van der Waals surface area contributed by atoms with Gasteiger partial charge in [0.25, 0.3) is 0 Å². The summed E-state index contributed by atoms with van der Waals surface area (Å²) in [5.41, 5.74) is 0.781. The molecule has 0 saturated carbocycles. The van der Waals surface area contributed by atoms with Gasteiger partial charge in [0.2, 0.25) is 5.89 Å². The third-order valence-corrected chi connectivity index (χ3v) is 3.60. The average Bonchev–Trinajstić information content (AvgIpc) is 3.17. The van der Waals surface area contributed by atoms with Crippen molar-refractivity contribution in [3.05, 3.63) is 48.5 Å². The molecule has 0 atom stereocenters. The first kappa shape index (κ1) is 20.9. The van der Waals surface area contributed by atoms with Gasteiger partial charge in [0, 0.05) is 11.3 Å². The summed E-state index contributed by atoms with van der Waals surface area (Å²) in [6.07, 6.45) is -8.59. The van der Waals surface area contributed by atoms with Crippen LogP contribution in [0.2, 0.25) is 0 Å². The molecule has 2 N–H and O–H groups in total. The number of carbonyl (C=O) groups excluding carboxylic acids is 1. The number of benzene rings is 2. The Labute approximate surface area is 166 Å². The lowest BCUT2D eigenvalue weighted by Crippen LogP contribution is -2.33. The van der Waals surface area contributed by atoms with E-state index in [1.54, 1.807) is 24.3 Å². The third kappa shape index (κ3) is 5.16. The molecule has 158 valence electrons. The summed E-state index contributed by atoms with van der Waals surface area (Å²) in [7, 11) is 1.53. The molecule has 0 bridgehead atoms. The maximum Gasteiger partial charge on any atom is 0.461 e. The number of hydrogen-bond acceptors (Lipinski definition) is 6. The molecule has 3 rings (SSSR count). The Morgan fingerprint density at radius 2 is 1.63 bits per heavy atom. The normalized spacial score (nSPS) is 11.3. The summed E-state index contributed by atoms with van der Waals surface area (Å²) in [6.45, 7) is 0. The largest absolute Gasteiger partial charge is 0.497 e. The van der Waals surface area contributed by atoms with E-state index in [0.717, 1.165) is 12.1 Å². The molecule has 1 heterocycles. The van der Waals surface area contributed by atoms with Crippen LogP contribution in [-0.2, 0) is 0 Å². The number of ether oxygens (including phenoxy) is 2. The molecule has 0 saturated heterocycles. The minimum absolute atomic E-state index is 0.161. The molecule has 0 spiro atoms. The van der Waals surface area contributed by atoms with Crippen molar-refractivity contribution in [1.29, 1.82) is 0 Å². The van der Waals surface area contributed by atoms with E-state index in [1.807, 2.05) is 0 Å². The molecule has 0 aliphatic carbocycles. The highest BCUT2D eigenvalue weighted by Crippen LogP contribution is 2.28. The first-order chi connectivity index (χ1) is 14.3. The van der Waals surface area contributed by atoms with E-state index in [-0.39, 0.29) is 17.6 Å². The molecular weight excluding hydrogens is 412 g/mol. The fourth-order valence-electron chi connectivity index (χ4n) is 2.19. The minimum atomic E-state index is -4.62. The van der Waals surface area contributed by atoms with Gasteiger partial charge in [-0.05, 0) is 48.5 Å². The van der Waals surface area contributed by atoms with Crippen molar-refractivity contribution >= 4 is 17.7 Å². The molecule has 0 radical (unpaired) electrons. The first-order valence-electron chi connectivity index (χ1n) is 8.28. The van der Waals surface area contributed by atoms with Crippen LogP contribution in [0.3, 0.4) is 0 Å². The quantitative estimate of drug-likeness (QED) is 0.535. The first-order valence-corrected chi connectivity index (χ1v) is 8.28. The second-order valence-electron chi connectivity index (χ2n) is 5.71. The van der Waals surface area contributed by atoms with Crippen molar-refractivity contribution in [3.63, 3.8) is 0 Å². The van der Waals surface area contributed by atoms with Crippen LogP contribution in [0.15, 0.2) is 52.9 Å². The maximum atomic E-state index is 12.9. The zero-order valence-electron chi connectivity index (χ0n) is 15.2. The molecule has 3 aromatic rings. The van der Waals surface area contributed by atoms with Crippen molar-refractivity contribution in [2.24, 2.45) is 0 Å². The number of nitrogens with zero attached hydrogens (tertiary/aromatic N) is 2. The Balaban J connectivity index is 1.57. The summed E-state index contributed by atoms with van der Waals surface area (Å²) in [5.74, 6) is 0.312. The molecule has 2 amide bonds. The number of hydrogen-bond donors (Lipinski definition) is 2. The molecule has 12 heteroatoms. The lowest BCUT2D eigenvalue weighted by molar-refractivity contribution is -0.253. The van der Waals surface area contributed by atoms with Crippen LogP contribution < -0.4 is 20.1 Å². The number of amides is 2. The van der Waals surface area contributed by atoms with Crippen LogP contribution in [0.1, 0.15) is 0 Å². The summed E-state index contributed by atoms with van der Waals surface area (Å²) in [4.78, 5) is 12.0. The van der Waals surface area contributed by atoms with Gasteiger partial charge in [-0.2, -0.15) is 17.6 Å². The van der Waals surface area contributed by atoms with E-state index < -0.39 is 24.3 Å². The Kier molecular flexibility index (Phi) is 6.04. The molecule has 0 aliphatic rings. The molecule has 1 aromatic heterocycles. The van der Waals surface area contributed by atoms with E-state index in [2.05, 4.69) is 25.6 Å². The van der Waals surface area contributed by atoms with Crippen molar-refractivity contribution in [2.75, 3.05) is 17.7 Å². The molecule has 30 heavy (non-hydrogen) atoms. The SMILES string of the molecule is COc1ccc(-c2nnc(NC(=O)Nc3ccc(OC(F)(F)C(F)F)cc3)o2)cc1. The highest BCUT2D eigenvalue weighted by atomic mass is 19.3. The van der Waals surface area contributed by atoms with E-state index in [4.69, 9.17) is 9.15 Å². The fraction of sp³-hybridized carbons (Fsp3) is 0.167. The molecule has 2 aromatic carbocycles. The van der Waals surface area contributed by atoms with Crippen molar-refractivity contribution in [1.82, 2.24) is 10.2 Å². The summed E-state index contributed by atoms with van der Waals surface area (Å²) < 4.78 is 64.3. The van der Waals surface area contributed by atoms with Crippen LogP contribution in [0.4, 0.5) is 34.1 Å². The number of rotatable bonds is 7. The lowest BCUT2D eigenvalue weighted by atomic mass is 10.2. The standard InChI is InChI=1S/C18H14F4N4O4/c1-28-12-6-2-10(3-7-12)14-25-26-17(29-14)24-16(27)23-11-4-8-13(9-5-11)30-18(21,22)15(19)20/h2-9,15H,1H3,(H2,23,24,26,27). The zero-order chi connectivity index (χ0) is 21.7. The van der Waals surface area contributed by atoms with Crippen LogP contribution in [0, 0.1) is 0 Å². The van der Waals surface area contributed by atoms with Crippen LogP contribution in [-0.4, -0.2) is 35.9 Å². The van der Waals surface area contributed by atoms with Crippen LogP contribution >= 0.6 is 0 Å². The van der Waals surface area contributed by atoms with Gasteiger partial charge in [-0.1, -0.05) is 5.10 Å². The van der Waals surface area contributed by atoms with Gasteiger partial charge in [0.1, 0.15) is 11.5 Å². The van der Waals surface area contributed by atoms with E-state index in [9.17, 15) is 22.4 Å². The number of nitrogens with one attached hydrogen (secondary N) is 2. The Morgan fingerprint density at radius 3 is 2.23 bits per heavy atom. The molecule has 0 aliphatic heterocycles. The van der Waals surface area contributed by atoms with Crippen molar-refractivity contribution in [3.8, 4) is 23.0 Å². The van der Waals surface area contributed by atoms with Gasteiger partial charge in [0.15, 0.2) is 0 Å². The van der Waals surface area contributed by atoms with Crippen molar-refractivity contribution < 1.29 is 36.2 Å². The number of carbonyl (C=O) groups is 1. The fourth-order valence-corrected chi connectivity index (χ4v) is 2.19. The Morgan fingerprint density at radius 1 is 1.00 bits per heavy atom. The maximum absolute atomic E-state index is 12.9. The molecular formula is C18H14F4N4O4. The Bertz CT molecular complexity index is 994. The summed E-state index contributed by atoms with van der Waals surface area (Å²) in [5, 5.41) is 12.2. The van der Waals surface area contributed by atoms with E-state index in [0.29, 0.717) is 11.3 Å². The zero-order valence-corrected chi connectivity index (χ0v) is 15.2. The van der Waals surface area contributed by atoms with Crippen LogP contribution in [0.25, 0.3) is 11.5 Å². The molecule has 0 unspecified atom stereocenters. The third-order valence-electron chi connectivity index (χ3n) is 3.60. The predicted octanol–water partition coefficient (Wildman–Crippen LogP) is 4.63. The van der Waals surface area contributed by atoms with Gasteiger partial charge >= 0.3 is 24.6 Å². The smallest absolute Gasteiger partial charge is 0.461 e. The lowest BCUT2D eigenvalue weighted by Gasteiger charge is -2.16. The predicted molar refractivity (Wildman–Crippen MR) is 96.9 cm³/mol. The van der Waals surface area contributed by atoms with Crippen molar-refractivity contribution in [2.45, 2.75) is 12.5 Å². The van der Waals surface area contributed by atoms with E-state index in [1.165, 1.54) is 19.2 Å². The van der Waals surface area contributed by atoms with Gasteiger partial charge < -0.3 is 19.2 Å².